The van der Waals surface area contributed by atoms with E-state index in [9.17, 15) is 0 Å². The molecule has 1 heterocycles. The second kappa shape index (κ2) is 5.57. The standard InChI is InChI=1S/C14H15NO2/c1-16-14(17-2)8-7-11-9-12-5-3-4-6-13(12)15-10-11/h3-10,14H,1-2H3/b8-7+. The Morgan fingerprint density at radius 3 is 2.71 bits per heavy atom. The Balaban J connectivity index is 2.24. The van der Waals surface area contributed by atoms with Crippen LogP contribution < -0.4 is 0 Å². The summed E-state index contributed by atoms with van der Waals surface area (Å²) in [5, 5.41) is 1.13. The topological polar surface area (TPSA) is 31.4 Å². The van der Waals surface area contributed by atoms with Gasteiger partial charge in [-0.25, -0.2) is 0 Å². The second-order valence-electron chi connectivity index (χ2n) is 3.66. The fourth-order valence-corrected chi connectivity index (χ4v) is 1.62. The van der Waals surface area contributed by atoms with Crippen LogP contribution in [0.4, 0.5) is 0 Å². The van der Waals surface area contributed by atoms with Crippen LogP contribution in [0.1, 0.15) is 5.56 Å². The van der Waals surface area contributed by atoms with Crippen molar-refractivity contribution in [1.82, 2.24) is 4.98 Å². The molecule has 2 aromatic rings. The minimum Gasteiger partial charge on any atom is -0.352 e. The fraction of sp³-hybridized carbons (Fsp3) is 0.214. The molecule has 0 aliphatic rings. The number of rotatable bonds is 4. The number of hydrogen-bond donors (Lipinski definition) is 0. The number of para-hydroxylation sites is 1. The summed E-state index contributed by atoms with van der Waals surface area (Å²) in [7, 11) is 3.22. The highest BCUT2D eigenvalue weighted by Crippen LogP contribution is 2.13. The van der Waals surface area contributed by atoms with Crippen LogP contribution in [-0.2, 0) is 9.47 Å². The van der Waals surface area contributed by atoms with Crippen molar-refractivity contribution in [2.45, 2.75) is 6.29 Å². The molecule has 0 fully saturated rings. The average molecular weight is 229 g/mol. The molecule has 0 radical (unpaired) electrons. The maximum absolute atomic E-state index is 5.08. The summed E-state index contributed by atoms with van der Waals surface area (Å²) in [6.07, 6.45) is 5.31. The molecule has 88 valence electrons. The Morgan fingerprint density at radius 2 is 1.94 bits per heavy atom. The molecule has 0 unspecified atom stereocenters. The molecule has 1 aromatic carbocycles. The maximum Gasteiger partial charge on any atom is 0.176 e. The number of fused-ring (bicyclic) bond motifs is 1. The predicted octanol–water partition coefficient (Wildman–Crippen LogP) is 2.87. The summed E-state index contributed by atoms with van der Waals surface area (Å²) in [5.74, 6) is 0. The quantitative estimate of drug-likeness (QED) is 0.755. The Kier molecular flexibility index (Phi) is 3.85. The number of ether oxygens (including phenoxy) is 2. The molecule has 0 N–H and O–H groups in total. The molecule has 3 nitrogen and oxygen atoms in total. The molecule has 17 heavy (non-hydrogen) atoms. The largest absolute Gasteiger partial charge is 0.352 e. The van der Waals surface area contributed by atoms with Gasteiger partial charge in [-0.3, -0.25) is 4.98 Å². The summed E-state index contributed by atoms with van der Waals surface area (Å²) in [5.41, 5.74) is 2.03. The lowest BCUT2D eigenvalue weighted by molar-refractivity contribution is -0.0660. The monoisotopic (exact) mass is 229 g/mol. The van der Waals surface area contributed by atoms with Crippen LogP contribution in [0.2, 0.25) is 0 Å². The molecule has 1 aromatic heterocycles. The van der Waals surface area contributed by atoms with Crippen LogP contribution in [-0.4, -0.2) is 25.5 Å². The van der Waals surface area contributed by atoms with Gasteiger partial charge in [-0.1, -0.05) is 24.3 Å². The number of aromatic nitrogens is 1. The number of pyridine rings is 1. The van der Waals surface area contributed by atoms with Crippen molar-refractivity contribution in [3.63, 3.8) is 0 Å². The lowest BCUT2D eigenvalue weighted by atomic mass is 10.1. The molecule has 0 aliphatic carbocycles. The van der Waals surface area contributed by atoms with E-state index in [0.717, 1.165) is 16.5 Å². The van der Waals surface area contributed by atoms with Crippen molar-refractivity contribution >= 4 is 17.0 Å². The zero-order valence-electron chi connectivity index (χ0n) is 9.96. The van der Waals surface area contributed by atoms with Gasteiger partial charge >= 0.3 is 0 Å². The molecule has 2 rings (SSSR count). The summed E-state index contributed by atoms with van der Waals surface area (Å²) < 4.78 is 10.2. The minimum absolute atomic E-state index is 0.318. The Morgan fingerprint density at radius 1 is 1.18 bits per heavy atom. The molecule has 3 heteroatoms. The van der Waals surface area contributed by atoms with E-state index in [4.69, 9.17) is 9.47 Å². The third kappa shape index (κ3) is 2.90. The Labute approximate surface area is 101 Å². The van der Waals surface area contributed by atoms with Gasteiger partial charge in [-0.15, -0.1) is 0 Å². The normalized spacial score (nSPS) is 11.7. The third-order valence-electron chi connectivity index (χ3n) is 2.52. The zero-order chi connectivity index (χ0) is 12.1. The Bertz CT molecular complexity index is 518. The van der Waals surface area contributed by atoms with Crippen LogP contribution in [0.3, 0.4) is 0 Å². The van der Waals surface area contributed by atoms with E-state index in [1.54, 1.807) is 14.2 Å². The van der Waals surface area contributed by atoms with Crippen LogP contribution in [0, 0.1) is 0 Å². The van der Waals surface area contributed by atoms with Crippen LogP contribution in [0.25, 0.3) is 17.0 Å². The van der Waals surface area contributed by atoms with Gasteiger partial charge in [0.1, 0.15) is 0 Å². The zero-order valence-corrected chi connectivity index (χ0v) is 9.96. The first kappa shape index (κ1) is 11.8. The lowest BCUT2D eigenvalue weighted by Crippen LogP contribution is -2.08. The molecule has 0 saturated carbocycles. The number of hydrogen-bond acceptors (Lipinski definition) is 3. The van der Waals surface area contributed by atoms with E-state index < -0.39 is 0 Å². The van der Waals surface area contributed by atoms with Gasteiger partial charge in [-0.05, 0) is 23.8 Å². The van der Waals surface area contributed by atoms with Gasteiger partial charge in [0.25, 0.3) is 0 Å². The van der Waals surface area contributed by atoms with Crippen molar-refractivity contribution in [2.75, 3.05) is 14.2 Å². The van der Waals surface area contributed by atoms with Crippen LogP contribution >= 0.6 is 0 Å². The first-order valence-electron chi connectivity index (χ1n) is 5.42. The average Bonchev–Trinajstić information content (AvgIpc) is 2.40. The van der Waals surface area contributed by atoms with E-state index in [1.165, 1.54) is 0 Å². The van der Waals surface area contributed by atoms with E-state index in [-0.39, 0.29) is 6.29 Å². The number of methoxy groups -OCH3 is 2. The maximum atomic E-state index is 5.08. The van der Waals surface area contributed by atoms with E-state index in [0.29, 0.717) is 0 Å². The highest BCUT2D eigenvalue weighted by atomic mass is 16.7. The molecule has 0 amide bonds. The van der Waals surface area contributed by atoms with Crippen LogP contribution in [0.15, 0.2) is 42.6 Å². The second-order valence-corrected chi connectivity index (χ2v) is 3.66. The van der Waals surface area contributed by atoms with Crippen molar-refractivity contribution < 1.29 is 9.47 Å². The first-order valence-corrected chi connectivity index (χ1v) is 5.42. The van der Waals surface area contributed by atoms with Crippen LogP contribution in [0.5, 0.6) is 0 Å². The van der Waals surface area contributed by atoms with E-state index in [1.807, 2.05) is 42.6 Å². The van der Waals surface area contributed by atoms with Gasteiger partial charge in [-0.2, -0.15) is 0 Å². The van der Waals surface area contributed by atoms with Gasteiger partial charge in [0.05, 0.1) is 5.52 Å². The summed E-state index contributed by atoms with van der Waals surface area (Å²) in [6, 6.07) is 10.1. The molecular weight excluding hydrogens is 214 g/mol. The predicted molar refractivity (Wildman–Crippen MR) is 68.6 cm³/mol. The smallest absolute Gasteiger partial charge is 0.176 e. The van der Waals surface area contributed by atoms with E-state index in [2.05, 4.69) is 11.1 Å². The highest BCUT2D eigenvalue weighted by molar-refractivity contribution is 5.80. The van der Waals surface area contributed by atoms with Crippen molar-refractivity contribution in [1.29, 1.82) is 0 Å². The highest BCUT2D eigenvalue weighted by Gasteiger charge is 1.98. The van der Waals surface area contributed by atoms with Crippen molar-refractivity contribution in [3.8, 4) is 0 Å². The molecule has 0 atom stereocenters. The molecule has 0 spiro atoms. The van der Waals surface area contributed by atoms with Crippen molar-refractivity contribution in [2.24, 2.45) is 0 Å². The number of benzene rings is 1. The third-order valence-corrected chi connectivity index (χ3v) is 2.52. The van der Waals surface area contributed by atoms with Gasteiger partial charge in [0.15, 0.2) is 6.29 Å². The summed E-state index contributed by atoms with van der Waals surface area (Å²) >= 11 is 0. The fourth-order valence-electron chi connectivity index (χ4n) is 1.62. The Hall–Kier alpha value is -1.71. The molecular formula is C14H15NO2. The van der Waals surface area contributed by atoms with E-state index >= 15 is 0 Å². The number of nitrogens with zero attached hydrogens (tertiary/aromatic N) is 1. The van der Waals surface area contributed by atoms with Crippen molar-refractivity contribution in [3.05, 3.63) is 48.2 Å². The first-order chi connectivity index (χ1) is 8.33. The lowest BCUT2D eigenvalue weighted by Gasteiger charge is -2.07. The summed E-state index contributed by atoms with van der Waals surface area (Å²) in [6.45, 7) is 0. The molecule has 0 aliphatic heterocycles. The SMILES string of the molecule is COC(/C=C/c1cnc2ccccc2c1)OC. The van der Waals surface area contributed by atoms with Gasteiger partial charge in [0.2, 0.25) is 0 Å². The molecule has 0 bridgehead atoms. The van der Waals surface area contributed by atoms with Gasteiger partial charge < -0.3 is 9.47 Å². The van der Waals surface area contributed by atoms with Gasteiger partial charge in [0, 0.05) is 25.8 Å². The summed E-state index contributed by atoms with van der Waals surface area (Å²) in [4.78, 5) is 4.38. The molecule has 0 saturated heterocycles. The minimum atomic E-state index is -0.318.